The van der Waals surface area contributed by atoms with Crippen molar-refractivity contribution >= 4 is 29.0 Å². The Morgan fingerprint density at radius 2 is 2.00 bits per heavy atom. The average molecular weight is 417 g/mol. The van der Waals surface area contributed by atoms with Gasteiger partial charge in [0, 0.05) is 6.54 Å². The third-order valence-corrected chi connectivity index (χ3v) is 5.95. The molecule has 3 rings (SSSR count). The quantitative estimate of drug-likeness (QED) is 0.556. The lowest BCUT2D eigenvalue weighted by Gasteiger charge is -2.16. The van der Waals surface area contributed by atoms with E-state index in [1.807, 2.05) is 53.3 Å². The second-order valence-electron chi connectivity index (χ2n) is 6.69. The van der Waals surface area contributed by atoms with Crippen molar-refractivity contribution in [1.29, 1.82) is 0 Å². The summed E-state index contributed by atoms with van der Waals surface area (Å²) in [6, 6.07) is 11.7. The number of rotatable bonds is 8. The summed E-state index contributed by atoms with van der Waals surface area (Å²) in [5, 5.41) is 14.1. The number of nitrogens with zero attached hydrogens (tertiary/aromatic N) is 3. The number of nitrogens with one attached hydrogen (secondary N) is 1. The van der Waals surface area contributed by atoms with Crippen molar-refractivity contribution in [2.75, 3.05) is 13.7 Å². The first-order valence-electron chi connectivity index (χ1n) is 9.08. The van der Waals surface area contributed by atoms with Crippen molar-refractivity contribution < 1.29 is 9.53 Å². The van der Waals surface area contributed by atoms with Crippen LogP contribution < -0.4 is 10.1 Å². The first kappa shape index (κ1) is 20.4. The molecule has 148 valence electrons. The standard InChI is InChI=1S/C20H24N4O2S2/c1-13(2)12-21-19(25)14(3)28-20-23-22-18(17-10-7-11-27-17)24(20)15-8-5-6-9-16(15)26-4/h5-11,13-14H,12H2,1-4H3,(H,21,25). The number of methoxy groups -OCH3 is 1. The van der Waals surface area contributed by atoms with E-state index < -0.39 is 0 Å². The number of carbonyl (C=O) groups excluding carboxylic acids is 1. The Kier molecular flexibility index (Phi) is 6.74. The van der Waals surface area contributed by atoms with Gasteiger partial charge >= 0.3 is 0 Å². The number of thiophene rings is 1. The summed E-state index contributed by atoms with van der Waals surface area (Å²) < 4.78 is 7.51. The van der Waals surface area contributed by atoms with Gasteiger partial charge in [-0.05, 0) is 36.4 Å². The van der Waals surface area contributed by atoms with Crippen LogP contribution >= 0.6 is 23.1 Å². The van der Waals surface area contributed by atoms with Gasteiger partial charge < -0.3 is 10.1 Å². The fourth-order valence-corrected chi connectivity index (χ4v) is 4.19. The molecule has 1 N–H and O–H groups in total. The van der Waals surface area contributed by atoms with Gasteiger partial charge in [0.05, 0.1) is 22.9 Å². The van der Waals surface area contributed by atoms with E-state index in [0.29, 0.717) is 17.6 Å². The van der Waals surface area contributed by atoms with Crippen LogP contribution in [-0.2, 0) is 4.79 Å². The summed E-state index contributed by atoms with van der Waals surface area (Å²) in [5.41, 5.74) is 0.843. The van der Waals surface area contributed by atoms with Gasteiger partial charge in [-0.25, -0.2) is 0 Å². The van der Waals surface area contributed by atoms with Crippen molar-refractivity contribution in [3.63, 3.8) is 0 Å². The van der Waals surface area contributed by atoms with Gasteiger partial charge in [0.1, 0.15) is 5.75 Å². The van der Waals surface area contributed by atoms with Crippen LogP contribution in [-0.4, -0.2) is 39.6 Å². The number of aromatic nitrogens is 3. The molecule has 0 radical (unpaired) electrons. The van der Waals surface area contributed by atoms with E-state index in [0.717, 1.165) is 22.1 Å². The minimum Gasteiger partial charge on any atom is -0.495 e. The first-order valence-corrected chi connectivity index (χ1v) is 10.8. The van der Waals surface area contributed by atoms with Gasteiger partial charge in [0.15, 0.2) is 11.0 Å². The Hall–Kier alpha value is -2.32. The largest absolute Gasteiger partial charge is 0.495 e. The number of hydrogen-bond acceptors (Lipinski definition) is 6. The SMILES string of the molecule is COc1ccccc1-n1c(SC(C)C(=O)NCC(C)C)nnc1-c1cccs1. The molecule has 0 saturated carbocycles. The number of thioether (sulfide) groups is 1. The van der Waals surface area contributed by atoms with Gasteiger partial charge in [0.25, 0.3) is 0 Å². The normalized spacial score (nSPS) is 12.2. The Balaban J connectivity index is 1.97. The molecule has 0 bridgehead atoms. The van der Waals surface area contributed by atoms with Crippen LogP contribution in [0.5, 0.6) is 5.75 Å². The molecule has 1 amide bonds. The van der Waals surface area contributed by atoms with Gasteiger partial charge in [-0.1, -0.05) is 43.8 Å². The zero-order valence-electron chi connectivity index (χ0n) is 16.4. The molecule has 0 aliphatic carbocycles. The number of ether oxygens (including phenoxy) is 1. The van der Waals surface area contributed by atoms with Crippen molar-refractivity contribution in [3.05, 3.63) is 41.8 Å². The highest BCUT2D eigenvalue weighted by Crippen LogP contribution is 2.35. The summed E-state index contributed by atoms with van der Waals surface area (Å²) in [6.07, 6.45) is 0. The molecule has 2 heterocycles. The van der Waals surface area contributed by atoms with E-state index in [4.69, 9.17) is 4.74 Å². The summed E-state index contributed by atoms with van der Waals surface area (Å²) in [4.78, 5) is 13.4. The van der Waals surface area contributed by atoms with Crippen LogP contribution in [0.1, 0.15) is 20.8 Å². The molecule has 2 aromatic heterocycles. The number of carbonyl (C=O) groups is 1. The average Bonchev–Trinajstić information content (AvgIpc) is 3.35. The summed E-state index contributed by atoms with van der Waals surface area (Å²) >= 11 is 2.98. The molecule has 0 spiro atoms. The molecular weight excluding hydrogens is 392 g/mol. The lowest BCUT2D eigenvalue weighted by atomic mass is 10.2. The zero-order valence-corrected chi connectivity index (χ0v) is 18.0. The first-order chi connectivity index (χ1) is 13.5. The summed E-state index contributed by atoms with van der Waals surface area (Å²) in [5.74, 6) is 1.85. The van der Waals surface area contributed by atoms with Crippen molar-refractivity contribution in [1.82, 2.24) is 20.1 Å². The van der Waals surface area contributed by atoms with Crippen LogP contribution in [0.15, 0.2) is 46.9 Å². The maximum Gasteiger partial charge on any atom is 0.233 e. The maximum absolute atomic E-state index is 12.4. The molecule has 6 nitrogen and oxygen atoms in total. The van der Waals surface area contributed by atoms with Gasteiger partial charge in [-0.15, -0.1) is 21.5 Å². The lowest BCUT2D eigenvalue weighted by molar-refractivity contribution is -0.120. The summed E-state index contributed by atoms with van der Waals surface area (Å²) in [7, 11) is 1.64. The highest BCUT2D eigenvalue weighted by atomic mass is 32.2. The monoisotopic (exact) mass is 416 g/mol. The van der Waals surface area contributed by atoms with Gasteiger partial charge in [-0.3, -0.25) is 9.36 Å². The molecule has 0 aliphatic heterocycles. The van der Waals surface area contributed by atoms with E-state index in [1.54, 1.807) is 18.4 Å². The van der Waals surface area contributed by atoms with Crippen LogP contribution in [0.25, 0.3) is 16.4 Å². The van der Waals surface area contributed by atoms with Gasteiger partial charge in [-0.2, -0.15) is 0 Å². The number of hydrogen-bond donors (Lipinski definition) is 1. The van der Waals surface area contributed by atoms with E-state index >= 15 is 0 Å². The fraction of sp³-hybridized carbons (Fsp3) is 0.350. The molecule has 28 heavy (non-hydrogen) atoms. The molecule has 0 fully saturated rings. The van der Waals surface area contributed by atoms with Crippen LogP contribution in [0, 0.1) is 5.92 Å². The molecule has 3 aromatic rings. The predicted octanol–water partition coefficient (Wildman–Crippen LogP) is 4.26. The lowest BCUT2D eigenvalue weighted by Crippen LogP contribution is -2.33. The van der Waals surface area contributed by atoms with Crippen molar-refractivity contribution in [3.8, 4) is 22.1 Å². The number of para-hydroxylation sites is 2. The maximum atomic E-state index is 12.4. The predicted molar refractivity (Wildman–Crippen MR) is 114 cm³/mol. The molecule has 1 aromatic carbocycles. The Morgan fingerprint density at radius 3 is 2.68 bits per heavy atom. The second kappa shape index (κ2) is 9.25. The highest BCUT2D eigenvalue weighted by molar-refractivity contribution is 8.00. The minimum atomic E-state index is -0.299. The van der Waals surface area contributed by atoms with Crippen LogP contribution in [0.2, 0.25) is 0 Å². The third kappa shape index (κ3) is 4.56. The third-order valence-electron chi connectivity index (χ3n) is 4.04. The molecule has 0 saturated heterocycles. The van der Waals surface area contributed by atoms with Crippen LogP contribution in [0.4, 0.5) is 0 Å². The Morgan fingerprint density at radius 1 is 1.21 bits per heavy atom. The smallest absolute Gasteiger partial charge is 0.233 e. The molecule has 0 aliphatic rings. The summed E-state index contributed by atoms with van der Waals surface area (Å²) in [6.45, 7) is 6.68. The number of benzene rings is 1. The Labute approximate surface area is 173 Å². The van der Waals surface area contributed by atoms with E-state index in [1.165, 1.54) is 11.8 Å². The van der Waals surface area contributed by atoms with Crippen molar-refractivity contribution in [2.45, 2.75) is 31.2 Å². The van der Waals surface area contributed by atoms with Crippen LogP contribution in [0.3, 0.4) is 0 Å². The second-order valence-corrected chi connectivity index (χ2v) is 8.95. The van der Waals surface area contributed by atoms with E-state index in [9.17, 15) is 4.79 Å². The zero-order chi connectivity index (χ0) is 20.1. The topological polar surface area (TPSA) is 69.0 Å². The molecular formula is C20H24N4O2S2. The molecule has 1 unspecified atom stereocenters. The van der Waals surface area contributed by atoms with E-state index in [2.05, 4.69) is 29.4 Å². The van der Waals surface area contributed by atoms with Crippen molar-refractivity contribution in [2.24, 2.45) is 5.92 Å². The van der Waals surface area contributed by atoms with E-state index in [-0.39, 0.29) is 11.2 Å². The highest BCUT2D eigenvalue weighted by Gasteiger charge is 2.23. The number of amides is 1. The fourth-order valence-electron chi connectivity index (χ4n) is 2.60. The molecule has 8 heteroatoms. The molecule has 1 atom stereocenters. The minimum absolute atomic E-state index is 0.00838. The van der Waals surface area contributed by atoms with Gasteiger partial charge in [0.2, 0.25) is 5.91 Å². The Bertz CT molecular complexity index is 922.